The normalized spacial score (nSPS) is 10.2. The molecule has 0 aliphatic heterocycles. The molecule has 2 aromatic rings. The minimum absolute atomic E-state index is 0.113. The van der Waals surface area contributed by atoms with Gasteiger partial charge in [0.1, 0.15) is 30.1 Å². The second-order valence-electron chi connectivity index (χ2n) is 3.80. The first-order valence-electron chi connectivity index (χ1n) is 5.85. The maximum atomic E-state index is 10.7. The molecule has 19 heavy (non-hydrogen) atoms. The molecule has 1 heterocycles. The van der Waals surface area contributed by atoms with Crippen molar-refractivity contribution in [3.8, 4) is 11.5 Å². The average Bonchev–Trinajstić information content (AvgIpc) is 2.86. The highest BCUT2D eigenvalue weighted by atomic mass is 16.5. The number of carboxylic acid groups (broad SMARTS) is 1. The van der Waals surface area contributed by atoms with Crippen molar-refractivity contribution in [2.75, 3.05) is 6.61 Å². The third-order valence-electron chi connectivity index (χ3n) is 2.40. The van der Waals surface area contributed by atoms with E-state index < -0.39 is 5.97 Å². The van der Waals surface area contributed by atoms with Crippen LogP contribution in [0.2, 0.25) is 0 Å². The van der Waals surface area contributed by atoms with Gasteiger partial charge in [-0.1, -0.05) is 6.07 Å². The van der Waals surface area contributed by atoms with Crippen molar-refractivity contribution in [1.29, 1.82) is 0 Å². The maximum absolute atomic E-state index is 10.7. The van der Waals surface area contributed by atoms with E-state index in [-0.39, 0.29) is 12.2 Å². The minimum atomic E-state index is -1.02. The van der Waals surface area contributed by atoms with E-state index in [0.29, 0.717) is 18.1 Å². The number of ether oxygens (including phenoxy) is 2. The highest BCUT2D eigenvalue weighted by Gasteiger charge is 2.08. The van der Waals surface area contributed by atoms with Gasteiger partial charge >= 0.3 is 5.97 Å². The molecule has 0 bridgehead atoms. The van der Waals surface area contributed by atoms with Gasteiger partial charge in [-0.2, -0.15) is 0 Å². The summed E-state index contributed by atoms with van der Waals surface area (Å²) in [4.78, 5) is 10.7. The quantitative estimate of drug-likeness (QED) is 0.866. The van der Waals surface area contributed by atoms with Gasteiger partial charge in [-0.3, -0.25) is 0 Å². The van der Waals surface area contributed by atoms with Crippen LogP contribution in [0.5, 0.6) is 11.5 Å². The summed E-state index contributed by atoms with van der Waals surface area (Å²) in [6, 6.07) is 8.67. The summed E-state index contributed by atoms with van der Waals surface area (Å²) in [6.07, 6.45) is 1.19. The lowest BCUT2D eigenvalue weighted by atomic mass is 10.3. The van der Waals surface area contributed by atoms with Crippen LogP contribution in [0, 0.1) is 0 Å². The van der Waals surface area contributed by atoms with Gasteiger partial charge in [-0.15, -0.1) is 0 Å². The van der Waals surface area contributed by atoms with Gasteiger partial charge in [-0.25, -0.2) is 4.79 Å². The van der Waals surface area contributed by atoms with E-state index in [9.17, 15) is 4.79 Å². The third-order valence-corrected chi connectivity index (χ3v) is 2.40. The van der Waals surface area contributed by atoms with Crippen molar-refractivity contribution < 1.29 is 23.8 Å². The standard InChI is InChI=1S/C14H14O5/c1-2-17-11-4-3-5-12(7-11)19-9-13-6-10(8-18-13)14(15)16/h3-8H,2,9H2,1H3,(H,15,16). The largest absolute Gasteiger partial charge is 0.494 e. The van der Waals surface area contributed by atoms with Crippen LogP contribution in [-0.2, 0) is 6.61 Å². The Balaban J connectivity index is 1.97. The summed E-state index contributed by atoms with van der Waals surface area (Å²) < 4.78 is 15.9. The summed E-state index contributed by atoms with van der Waals surface area (Å²) in [5.74, 6) is 0.803. The van der Waals surface area contributed by atoms with Gasteiger partial charge in [-0.05, 0) is 25.1 Å². The van der Waals surface area contributed by atoms with E-state index >= 15 is 0 Å². The summed E-state index contributed by atoms with van der Waals surface area (Å²) in [7, 11) is 0. The molecule has 1 aromatic heterocycles. The van der Waals surface area contributed by atoms with Crippen molar-refractivity contribution in [2.45, 2.75) is 13.5 Å². The Bertz CT molecular complexity index is 558. The smallest absolute Gasteiger partial charge is 0.338 e. The second-order valence-corrected chi connectivity index (χ2v) is 3.80. The van der Waals surface area contributed by atoms with E-state index in [4.69, 9.17) is 19.0 Å². The Hall–Kier alpha value is -2.43. The number of hydrogen-bond donors (Lipinski definition) is 1. The van der Waals surface area contributed by atoms with Crippen LogP contribution < -0.4 is 9.47 Å². The first-order valence-corrected chi connectivity index (χ1v) is 5.85. The molecule has 0 aliphatic carbocycles. The zero-order valence-corrected chi connectivity index (χ0v) is 10.5. The van der Waals surface area contributed by atoms with Crippen LogP contribution in [0.25, 0.3) is 0 Å². The molecule has 0 fully saturated rings. The molecule has 5 heteroatoms. The van der Waals surface area contributed by atoms with Gasteiger partial charge in [0.05, 0.1) is 12.2 Å². The fraction of sp³-hybridized carbons (Fsp3) is 0.214. The van der Waals surface area contributed by atoms with E-state index in [2.05, 4.69) is 0 Å². The summed E-state index contributed by atoms with van der Waals surface area (Å²) in [6.45, 7) is 2.66. The monoisotopic (exact) mass is 262 g/mol. The Morgan fingerprint density at radius 2 is 2.00 bits per heavy atom. The summed E-state index contributed by atoms with van der Waals surface area (Å²) in [5, 5.41) is 8.76. The number of carbonyl (C=O) groups is 1. The van der Waals surface area contributed by atoms with Crippen LogP contribution in [0.4, 0.5) is 0 Å². The summed E-state index contributed by atoms with van der Waals surface area (Å²) >= 11 is 0. The Morgan fingerprint density at radius 3 is 2.63 bits per heavy atom. The zero-order chi connectivity index (χ0) is 13.7. The highest BCUT2D eigenvalue weighted by molar-refractivity contribution is 5.87. The number of carboxylic acids is 1. The lowest BCUT2D eigenvalue weighted by Gasteiger charge is -2.07. The molecule has 2 rings (SSSR count). The van der Waals surface area contributed by atoms with Crippen molar-refractivity contribution in [3.05, 3.63) is 47.9 Å². The molecular formula is C14H14O5. The molecule has 1 aromatic carbocycles. The Morgan fingerprint density at radius 1 is 1.26 bits per heavy atom. The fourth-order valence-corrected chi connectivity index (χ4v) is 1.54. The number of rotatable bonds is 6. The maximum Gasteiger partial charge on any atom is 0.338 e. The molecule has 0 atom stereocenters. The van der Waals surface area contributed by atoms with Gasteiger partial charge in [0, 0.05) is 6.07 Å². The topological polar surface area (TPSA) is 68.9 Å². The molecule has 5 nitrogen and oxygen atoms in total. The van der Waals surface area contributed by atoms with Crippen LogP contribution in [0.3, 0.4) is 0 Å². The van der Waals surface area contributed by atoms with Crippen molar-refractivity contribution in [2.24, 2.45) is 0 Å². The molecule has 0 unspecified atom stereocenters. The predicted octanol–water partition coefficient (Wildman–Crippen LogP) is 2.96. The van der Waals surface area contributed by atoms with Crippen molar-refractivity contribution in [1.82, 2.24) is 0 Å². The second kappa shape index (κ2) is 5.95. The summed E-state index contributed by atoms with van der Waals surface area (Å²) in [5.41, 5.74) is 0.113. The van der Waals surface area contributed by atoms with E-state index in [1.807, 2.05) is 19.1 Å². The lowest BCUT2D eigenvalue weighted by molar-refractivity contribution is 0.0696. The first-order chi connectivity index (χ1) is 9.19. The van der Waals surface area contributed by atoms with Crippen LogP contribution in [-0.4, -0.2) is 17.7 Å². The molecule has 0 saturated carbocycles. The third kappa shape index (κ3) is 3.51. The predicted molar refractivity (Wildman–Crippen MR) is 67.6 cm³/mol. The van der Waals surface area contributed by atoms with E-state index in [0.717, 1.165) is 5.75 Å². The lowest BCUT2D eigenvalue weighted by Crippen LogP contribution is -1.96. The Labute approximate surface area is 110 Å². The van der Waals surface area contributed by atoms with Crippen LogP contribution in [0.1, 0.15) is 23.0 Å². The van der Waals surface area contributed by atoms with Gasteiger partial charge in [0.25, 0.3) is 0 Å². The minimum Gasteiger partial charge on any atom is -0.494 e. The van der Waals surface area contributed by atoms with Gasteiger partial charge < -0.3 is 19.0 Å². The molecule has 100 valence electrons. The molecule has 0 aliphatic rings. The van der Waals surface area contributed by atoms with E-state index in [1.54, 1.807) is 12.1 Å². The highest BCUT2D eigenvalue weighted by Crippen LogP contribution is 2.20. The molecule has 0 saturated heterocycles. The average molecular weight is 262 g/mol. The van der Waals surface area contributed by atoms with Crippen LogP contribution >= 0.6 is 0 Å². The van der Waals surface area contributed by atoms with Crippen molar-refractivity contribution in [3.63, 3.8) is 0 Å². The molecule has 0 spiro atoms. The number of benzene rings is 1. The zero-order valence-electron chi connectivity index (χ0n) is 10.5. The fourth-order valence-electron chi connectivity index (χ4n) is 1.54. The van der Waals surface area contributed by atoms with Crippen molar-refractivity contribution >= 4 is 5.97 Å². The van der Waals surface area contributed by atoms with E-state index in [1.165, 1.54) is 12.3 Å². The number of hydrogen-bond acceptors (Lipinski definition) is 4. The molecule has 0 radical (unpaired) electrons. The number of aromatic carboxylic acids is 1. The molecular weight excluding hydrogens is 248 g/mol. The molecule has 0 amide bonds. The number of furan rings is 1. The van der Waals surface area contributed by atoms with Gasteiger partial charge in [0.2, 0.25) is 0 Å². The SMILES string of the molecule is CCOc1cccc(OCc2cc(C(=O)O)co2)c1. The first kappa shape index (κ1) is 13.0. The molecule has 1 N–H and O–H groups in total. The van der Waals surface area contributed by atoms with Gasteiger partial charge in [0.15, 0.2) is 0 Å². The Kier molecular flexibility index (Phi) is 4.07. The van der Waals surface area contributed by atoms with Crippen LogP contribution in [0.15, 0.2) is 41.0 Å².